The first kappa shape index (κ1) is 15.0. The van der Waals surface area contributed by atoms with E-state index in [4.69, 9.17) is 11.0 Å². The Bertz CT molecular complexity index is 795. The number of nitrogens with two attached hydrogens (primary N) is 1. The van der Waals surface area contributed by atoms with Crippen LogP contribution in [0.15, 0.2) is 53.4 Å². The summed E-state index contributed by atoms with van der Waals surface area (Å²) in [5, 5.41) is 9.04. The largest absolute Gasteiger partial charge is 0.399 e. The van der Waals surface area contributed by atoms with Crippen LogP contribution in [0.5, 0.6) is 0 Å². The number of benzene rings is 2. The predicted octanol–water partition coefficient (Wildman–Crippen LogP) is 1.96. The standard InChI is InChI=1S/C15H15N3O2S/c1-18(11-12-5-4-7-14(17)9-12)21(19,20)15-8-3-2-6-13(15)10-16/h2-9H,11,17H2,1H3. The lowest BCUT2D eigenvalue weighted by Gasteiger charge is -2.18. The average Bonchev–Trinajstić information content (AvgIpc) is 2.47. The van der Waals surface area contributed by atoms with Crippen molar-refractivity contribution in [2.75, 3.05) is 12.8 Å². The monoisotopic (exact) mass is 301 g/mol. The first-order valence-corrected chi connectivity index (χ1v) is 7.69. The molecule has 0 saturated carbocycles. The molecule has 2 N–H and O–H groups in total. The van der Waals surface area contributed by atoms with Gasteiger partial charge in [0, 0.05) is 19.3 Å². The molecule has 0 aliphatic heterocycles. The van der Waals surface area contributed by atoms with E-state index in [1.54, 1.807) is 36.4 Å². The molecule has 6 heteroatoms. The summed E-state index contributed by atoms with van der Waals surface area (Å²) in [4.78, 5) is 0.0129. The highest BCUT2D eigenvalue weighted by molar-refractivity contribution is 7.89. The van der Waals surface area contributed by atoms with E-state index >= 15 is 0 Å². The van der Waals surface area contributed by atoms with Crippen LogP contribution >= 0.6 is 0 Å². The number of anilines is 1. The Morgan fingerprint density at radius 2 is 1.90 bits per heavy atom. The Morgan fingerprint density at radius 3 is 2.57 bits per heavy atom. The minimum atomic E-state index is -3.72. The van der Waals surface area contributed by atoms with Gasteiger partial charge in [-0.05, 0) is 29.8 Å². The maximum absolute atomic E-state index is 12.5. The first-order chi connectivity index (χ1) is 9.95. The predicted molar refractivity (Wildman–Crippen MR) is 80.7 cm³/mol. The minimum Gasteiger partial charge on any atom is -0.399 e. The molecule has 108 valence electrons. The van der Waals surface area contributed by atoms with Gasteiger partial charge in [0.1, 0.15) is 6.07 Å². The molecule has 0 aliphatic carbocycles. The van der Waals surface area contributed by atoms with Gasteiger partial charge in [0.15, 0.2) is 0 Å². The second-order valence-electron chi connectivity index (χ2n) is 4.61. The molecule has 21 heavy (non-hydrogen) atoms. The van der Waals surface area contributed by atoms with Crippen LogP contribution in [0.3, 0.4) is 0 Å². The van der Waals surface area contributed by atoms with Crippen LogP contribution < -0.4 is 5.73 Å². The van der Waals surface area contributed by atoms with Crippen molar-refractivity contribution in [3.8, 4) is 6.07 Å². The fraction of sp³-hybridized carbons (Fsp3) is 0.133. The zero-order valence-electron chi connectivity index (χ0n) is 11.5. The minimum absolute atomic E-state index is 0.0129. The van der Waals surface area contributed by atoms with Gasteiger partial charge in [-0.3, -0.25) is 0 Å². The van der Waals surface area contributed by atoms with E-state index in [1.807, 2.05) is 6.07 Å². The van der Waals surface area contributed by atoms with Crippen LogP contribution in [0, 0.1) is 11.3 Å². The molecular formula is C15H15N3O2S. The molecular weight excluding hydrogens is 286 g/mol. The van der Waals surface area contributed by atoms with E-state index in [1.165, 1.54) is 23.5 Å². The third kappa shape index (κ3) is 3.21. The molecule has 2 aromatic rings. The number of sulfonamides is 1. The van der Waals surface area contributed by atoms with Gasteiger partial charge in [-0.15, -0.1) is 0 Å². The molecule has 0 aliphatic rings. The molecule has 5 nitrogen and oxygen atoms in total. The summed E-state index contributed by atoms with van der Waals surface area (Å²) in [5.74, 6) is 0. The van der Waals surface area contributed by atoms with Crippen molar-refractivity contribution in [3.63, 3.8) is 0 Å². The molecule has 0 atom stereocenters. The van der Waals surface area contributed by atoms with E-state index in [0.717, 1.165) is 5.56 Å². The van der Waals surface area contributed by atoms with Crippen molar-refractivity contribution in [1.29, 1.82) is 5.26 Å². The number of nitriles is 1. The number of nitrogens with zero attached hydrogens (tertiary/aromatic N) is 2. The molecule has 0 fully saturated rings. The Labute approximate surface area is 124 Å². The highest BCUT2D eigenvalue weighted by Gasteiger charge is 2.23. The zero-order valence-corrected chi connectivity index (χ0v) is 12.3. The lowest BCUT2D eigenvalue weighted by molar-refractivity contribution is 0.466. The highest BCUT2D eigenvalue weighted by atomic mass is 32.2. The molecule has 0 radical (unpaired) electrons. The van der Waals surface area contributed by atoms with Gasteiger partial charge < -0.3 is 5.73 Å². The van der Waals surface area contributed by atoms with Crippen LogP contribution in [-0.4, -0.2) is 19.8 Å². The molecule has 0 heterocycles. The number of nitrogen functional groups attached to an aromatic ring is 1. The Hall–Kier alpha value is -2.36. The molecule has 0 unspecified atom stereocenters. The van der Waals surface area contributed by atoms with Crippen LogP contribution in [0.2, 0.25) is 0 Å². The van der Waals surface area contributed by atoms with Crippen molar-refractivity contribution < 1.29 is 8.42 Å². The SMILES string of the molecule is CN(Cc1cccc(N)c1)S(=O)(=O)c1ccccc1C#N. The summed E-state index contributed by atoms with van der Waals surface area (Å²) >= 11 is 0. The maximum atomic E-state index is 12.5. The molecule has 0 aromatic heterocycles. The molecule has 0 saturated heterocycles. The molecule has 0 spiro atoms. The Morgan fingerprint density at radius 1 is 1.19 bits per heavy atom. The van der Waals surface area contributed by atoms with Gasteiger partial charge >= 0.3 is 0 Å². The van der Waals surface area contributed by atoms with E-state index < -0.39 is 10.0 Å². The van der Waals surface area contributed by atoms with E-state index in [9.17, 15) is 8.42 Å². The number of hydrogen-bond acceptors (Lipinski definition) is 4. The summed E-state index contributed by atoms with van der Waals surface area (Å²) in [6.07, 6.45) is 0. The van der Waals surface area contributed by atoms with Gasteiger partial charge in [0.2, 0.25) is 10.0 Å². The van der Waals surface area contributed by atoms with Crippen LogP contribution in [0.1, 0.15) is 11.1 Å². The maximum Gasteiger partial charge on any atom is 0.244 e. The normalized spacial score (nSPS) is 11.3. The molecule has 0 amide bonds. The summed E-state index contributed by atoms with van der Waals surface area (Å²) < 4.78 is 26.3. The van der Waals surface area contributed by atoms with Crippen molar-refractivity contribution in [2.45, 2.75) is 11.4 Å². The number of rotatable bonds is 4. The Kier molecular flexibility index (Phi) is 4.26. The summed E-state index contributed by atoms with van der Waals surface area (Å²) in [6.45, 7) is 0.188. The Balaban J connectivity index is 2.33. The second kappa shape index (κ2) is 5.95. The smallest absolute Gasteiger partial charge is 0.244 e. The van der Waals surface area contributed by atoms with Crippen LogP contribution in [-0.2, 0) is 16.6 Å². The summed E-state index contributed by atoms with van der Waals surface area (Å²) in [7, 11) is -2.24. The summed E-state index contributed by atoms with van der Waals surface area (Å²) in [6, 6.07) is 15.1. The highest BCUT2D eigenvalue weighted by Crippen LogP contribution is 2.20. The van der Waals surface area contributed by atoms with E-state index in [-0.39, 0.29) is 17.0 Å². The third-order valence-corrected chi connectivity index (χ3v) is 4.91. The van der Waals surface area contributed by atoms with E-state index in [2.05, 4.69) is 0 Å². The van der Waals surface area contributed by atoms with Crippen molar-refractivity contribution in [1.82, 2.24) is 4.31 Å². The van der Waals surface area contributed by atoms with Gasteiger partial charge in [-0.1, -0.05) is 24.3 Å². The van der Waals surface area contributed by atoms with Crippen LogP contribution in [0.25, 0.3) is 0 Å². The topological polar surface area (TPSA) is 87.2 Å². The van der Waals surface area contributed by atoms with Crippen molar-refractivity contribution in [2.24, 2.45) is 0 Å². The average molecular weight is 301 g/mol. The van der Waals surface area contributed by atoms with Gasteiger partial charge in [0.25, 0.3) is 0 Å². The van der Waals surface area contributed by atoms with Crippen molar-refractivity contribution >= 4 is 15.7 Å². The molecule has 2 rings (SSSR count). The quantitative estimate of drug-likeness (QED) is 0.874. The number of hydrogen-bond donors (Lipinski definition) is 1. The van der Waals surface area contributed by atoms with Gasteiger partial charge in [-0.25, -0.2) is 8.42 Å². The fourth-order valence-electron chi connectivity index (χ4n) is 1.99. The zero-order chi connectivity index (χ0) is 15.5. The second-order valence-corrected chi connectivity index (χ2v) is 6.63. The van der Waals surface area contributed by atoms with E-state index in [0.29, 0.717) is 5.69 Å². The van der Waals surface area contributed by atoms with Gasteiger partial charge in [0.05, 0.1) is 10.5 Å². The van der Waals surface area contributed by atoms with Gasteiger partial charge in [-0.2, -0.15) is 9.57 Å². The lowest BCUT2D eigenvalue weighted by atomic mass is 10.2. The first-order valence-electron chi connectivity index (χ1n) is 6.25. The summed E-state index contributed by atoms with van der Waals surface area (Å²) in [5.41, 5.74) is 7.19. The van der Waals surface area contributed by atoms with Crippen LogP contribution in [0.4, 0.5) is 5.69 Å². The lowest BCUT2D eigenvalue weighted by Crippen LogP contribution is -2.27. The molecule has 0 bridgehead atoms. The fourth-order valence-corrected chi connectivity index (χ4v) is 3.28. The third-order valence-electron chi connectivity index (χ3n) is 3.05. The molecule has 2 aromatic carbocycles. The van der Waals surface area contributed by atoms with Crippen molar-refractivity contribution in [3.05, 3.63) is 59.7 Å².